The molecule has 0 amide bonds. The largest absolute Gasteiger partial charge is 0.481 e. The summed E-state index contributed by atoms with van der Waals surface area (Å²) in [5, 5.41) is 15.8. The Kier molecular flexibility index (Phi) is 6.18. The molecule has 0 aliphatic carbocycles. The lowest BCUT2D eigenvalue weighted by Crippen LogP contribution is -2.31. The number of hydrogen-bond acceptors (Lipinski definition) is 3. The molecule has 0 heterocycles. The summed E-state index contributed by atoms with van der Waals surface area (Å²) >= 11 is 0. The quantitative estimate of drug-likeness (QED) is 0.383. The number of carboxylic acids is 1. The number of carboxylic acid groups (broad SMARTS) is 1. The fourth-order valence-electron chi connectivity index (χ4n) is 1.41. The summed E-state index contributed by atoms with van der Waals surface area (Å²) < 4.78 is 11.0. The van der Waals surface area contributed by atoms with E-state index in [0.717, 1.165) is 19.3 Å². The van der Waals surface area contributed by atoms with Crippen LogP contribution in [0.15, 0.2) is 0 Å². The Balaban J connectivity index is 4.44. The Morgan fingerprint density at radius 2 is 1.81 bits per heavy atom. The molecule has 0 aliphatic rings. The summed E-state index contributed by atoms with van der Waals surface area (Å²) in [6, 6.07) is 0. The lowest BCUT2D eigenvalue weighted by Gasteiger charge is -2.27. The highest BCUT2D eigenvalue weighted by Crippen LogP contribution is 2.53. The van der Waals surface area contributed by atoms with Crippen LogP contribution in [0.1, 0.15) is 45.4 Å². The van der Waals surface area contributed by atoms with Crippen molar-refractivity contribution < 1.29 is 29.4 Å². The second-order valence-corrected chi connectivity index (χ2v) is 5.83. The first-order chi connectivity index (χ1) is 7.23. The van der Waals surface area contributed by atoms with Crippen molar-refractivity contribution in [2.75, 3.05) is 0 Å². The Hall–Kier alpha value is -0.420. The molecule has 0 saturated heterocycles. The molecule has 0 spiro atoms. The molecular formula is C9H19O6P. The van der Waals surface area contributed by atoms with E-state index in [2.05, 4.69) is 0 Å². The predicted octanol–water partition coefficient (Wildman–Crippen LogP) is 1.30. The number of rotatable bonds is 8. The normalized spacial score (nSPS) is 15.8. The summed E-state index contributed by atoms with van der Waals surface area (Å²) in [5.74, 6) is -1.42. The van der Waals surface area contributed by atoms with Crippen LogP contribution in [-0.2, 0) is 9.36 Å². The molecule has 1 atom stereocenters. The van der Waals surface area contributed by atoms with Crippen LogP contribution in [0.2, 0.25) is 0 Å². The van der Waals surface area contributed by atoms with E-state index in [1.807, 2.05) is 6.92 Å². The van der Waals surface area contributed by atoms with Gasteiger partial charge in [-0.15, -0.1) is 0 Å². The Bertz CT molecular complexity index is 273. The van der Waals surface area contributed by atoms with Gasteiger partial charge in [-0.3, -0.25) is 9.36 Å². The van der Waals surface area contributed by atoms with Crippen LogP contribution in [0.3, 0.4) is 0 Å². The summed E-state index contributed by atoms with van der Waals surface area (Å²) in [6.45, 7) is 1.98. The predicted molar refractivity (Wildman–Crippen MR) is 58.0 cm³/mol. The Morgan fingerprint density at radius 1 is 1.25 bits per heavy atom. The van der Waals surface area contributed by atoms with Gasteiger partial charge >= 0.3 is 13.6 Å². The zero-order valence-electron chi connectivity index (χ0n) is 9.30. The summed E-state index contributed by atoms with van der Waals surface area (Å²) in [5.41, 5.74) is 0. The van der Waals surface area contributed by atoms with Gasteiger partial charge in [-0.1, -0.05) is 26.2 Å². The minimum Gasteiger partial charge on any atom is -0.481 e. The van der Waals surface area contributed by atoms with E-state index >= 15 is 0 Å². The van der Waals surface area contributed by atoms with Crippen LogP contribution in [0.4, 0.5) is 0 Å². The topological polar surface area (TPSA) is 115 Å². The van der Waals surface area contributed by atoms with Crippen molar-refractivity contribution in [2.24, 2.45) is 0 Å². The number of aliphatic hydroxyl groups is 1. The molecule has 16 heavy (non-hydrogen) atoms. The lowest BCUT2D eigenvalue weighted by atomic mass is 10.1. The molecule has 0 rings (SSSR count). The molecule has 1 unspecified atom stereocenters. The van der Waals surface area contributed by atoms with Gasteiger partial charge in [0.1, 0.15) is 0 Å². The SMILES string of the molecule is CCCCCCC(O)(CC(=O)O)P(=O)(O)O. The van der Waals surface area contributed by atoms with Gasteiger partial charge in [0.15, 0.2) is 5.34 Å². The fourth-order valence-corrected chi connectivity index (χ4v) is 2.20. The van der Waals surface area contributed by atoms with Crippen molar-refractivity contribution in [1.29, 1.82) is 0 Å². The van der Waals surface area contributed by atoms with Gasteiger partial charge in [0.25, 0.3) is 0 Å². The third-order valence-electron chi connectivity index (χ3n) is 2.41. The molecule has 0 fully saturated rings. The van der Waals surface area contributed by atoms with Gasteiger partial charge in [-0.25, -0.2) is 0 Å². The van der Waals surface area contributed by atoms with Gasteiger partial charge in [-0.05, 0) is 12.8 Å². The molecule has 0 aromatic heterocycles. The maximum Gasteiger partial charge on any atom is 0.357 e. The highest BCUT2D eigenvalue weighted by atomic mass is 31.2. The second kappa shape index (κ2) is 6.35. The average Bonchev–Trinajstić information content (AvgIpc) is 2.09. The zero-order chi connectivity index (χ0) is 12.8. The Morgan fingerprint density at radius 3 is 2.19 bits per heavy atom. The minimum atomic E-state index is -4.82. The second-order valence-electron chi connectivity index (χ2n) is 3.91. The summed E-state index contributed by atoms with van der Waals surface area (Å²) in [6.07, 6.45) is 1.85. The smallest absolute Gasteiger partial charge is 0.357 e. The Labute approximate surface area is 94.5 Å². The molecule has 0 aliphatic heterocycles. The zero-order valence-corrected chi connectivity index (χ0v) is 10.2. The number of carbonyl (C=O) groups is 1. The van der Waals surface area contributed by atoms with Gasteiger partial charge in [0.05, 0.1) is 6.42 Å². The van der Waals surface area contributed by atoms with E-state index in [9.17, 15) is 14.5 Å². The molecule has 0 radical (unpaired) electrons. The van der Waals surface area contributed by atoms with Gasteiger partial charge < -0.3 is 20.0 Å². The maximum absolute atomic E-state index is 11.0. The van der Waals surface area contributed by atoms with Crippen molar-refractivity contribution in [3.05, 3.63) is 0 Å². The molecule has 0 bridgehead atoms. The summed E-state index contributed by atoms with van der Waals surface area (Å²) in [4.78, 5) is 28.3. The fraction of sp³-hybridized carbons (Fsp3) is 0.889. The van der Waals surface area contributed by atoms with Crippen molar-refractivity contribution in [1.82, 2.24) is 0 Å². The monoisotopic (exact) mass is 254 g/mol. The van der Waals surface area contributed by atoms with Gasteiger partial charge in [-0.2, -0.15) is 0 Å². The van der Waals surface area contributed by atoms with E-state index in [1.54, 1.807) is 0 Å². The van der Waals surface area contributed by atoms with E-state index < -0.39 is 25.3 Å². The standard InChI is InChI=1S/C9H19O6P/c1-2-3-4-5-6-9(12,7-8(10)11)16(13,14)15/h12H,2-7H2,1H3,(H,10,11)(H2,13,14,15). The van der Waals surface area contributed by atoms with Crippen LogP contribution in [0.5, 0.6) is 0 Å². The molecular weight excluding hydrogens is 235 g/mol. The number of hydrogen-bond donors (Lipinski definition) is 4. The average molecular weight is 254 g/mol. The third kappa shape index (κ3) is 5.07. The molecule has 0 aromatic rings. The van der Waals surface area contributed by atoms with Gasteiger partial charge in [0, 0.05) is 0 Å². The first kappa shape index (κ1) is 15.6. The number of unbranched alkanes of at least 4 members (excludes halogenated alkanes) is 3. The van der Waals surface area contributed by atoms with E-state index in [1.165, 1.54) is 0 Å². The molecule has 96 valence electrons. The molecule has 4 N–H and O–H groups in total. The summed E-state index contributed by atoms with van der Waals surface area (Å²) in [7, 11) is -4.82. The maximum atomic E-state index is 11.0. The van der Waals surface area contributed by atoms with E-state index in [0.29, 0.717) is 6.42 Å². The first-order valence-electron chi connectivity index (χ1n) is 5.23. The minimum absolute atomic E-state index is 0.191. The van der Waals surface area contributed by atoms with Crippen molar-refractivity contribution in [2.45, 2.75) is 50.8 Å². The third-order valence-corrected chi connectivity index (χ3v) is 3.87. The number of aliphatic carboxylic acids is 1. The lowest BCUT2D eigenvalue weighted by molar-refractivity contribution is -0.140. The van der Waals surface area contributed by atoms with Crippen LogP contribution in [0.25, 0.3) is 0 Å². The van der Waals surface area contributed by atoms with E-state index in [4.69, 9.17) is 14.9 Å². The van der Waals surface area contributed by atoms with Crippen molar-refractivity contribution in [3.8, 4) is 0 Å². The highest BCUT2D eigenvalue weighted by molar-refractivity contribution is 7.53. The van der Waals surface area contributed by atoms with Crippen LogP contribution < -0.4 is 0 Å². The van der Waals surface area contributed by atoms with Crippen molar-refractivity contribution in [3.63, 3.8) is 0 Å². The van der Waals surface area contributed by atoms with E-state index in [-0.39, 0.29) is 6.42 Å². The molecule has 7 heteroatoms. The molecule has 6 nitrogen and oxygen atoms in total. The molecule has 0 saturated carbocycles. The highest BCUT2D eigenvalue weighted by Gasteiger charge is 2.46. The molecule has 0 aromatic carbocycles. The first-order valence-corrected chi connectivity index (χ1v) is 6.84. The van der Waals surface area contributed by atoms with Gasteiger partial charge in [0.2, 0.25) is 0 Å². The van der Waals surface area contributed by atoms with Crippen LogP contribution in [-0.4, -0.2) is 31.3 Å². The van der Waals surface area contributed by atoms with Crippen molar-refractivity contribution >= 4 is 13.6 Å². The van der Waals surface area contributed by atoms with Crippen LogP contribution >= 0.6 is 7.60 Å². The van der Waals surface area contributed by atoms with Crippen LogP contribution in [0, 0.1) is 0 Å².